The fourth-order valence-electron chi connectivity index (χ4n) is 2.91. The maximum absolute atomic E-state index is 12.5. The van der Waals surface area contributed by atoms with Crippen molar-refractivity contribution in [1.29, 1.82) is 0 Å². The minimum atomic E-state index is -0.273. The van der Waals surface area contributed by atoms with Crippen molar-refractivity contribution < 1.29 is 9.21 Å². The number of hydrogen-bond donors (Lipinski definition) is 1. The number of amides is 1. The average Bonchev–Trinajstić information content (AvgIpc) is 3.39. The van der Waals surface area contributed by atoms with Gasteiger partial charge in [0.2, 0.25) is 5.91 Å². The van der Waals surface area contributed by atoms with Crippen LogP contribution in [0.2, 0.25) is 10.0 Å². The fraction of sp³-hybridized carbons (Fsp3) is 0.143. The van der Waals surface area contributed by atoms with Crippen LogP contribution in [-0.4, -0.2) is 31.4 Å². The van der Waals surface area contributed by atoms with Gasteiger partial charge >= 0.3 is 0 Å². The predicted octanol–water partition coefficient (Wildman–Crippen LogP) is 5.58. The molecule has 31 heavy (non-hydrogen) atoms. The molecule has 0 fully saturated rings. The van der Waals surface area contributed by atoms with E-state index in [-0.39, 0.29) is 17.5 Å². The van der Waals surface area contributed by atoms with Gasteiger partial charge in [-0.05, 0) is 37.6 Å². The monoisotopic (exact) mass is 473 g/mol. The Bertz CT molecular complexity index is 1240. The number of nitrogens with zero attached hydrogens (tertiary/aromatic N) is 4. The molecular formula is C21H17Cl2N5O2S. The summed E-state index contributed by atoms with van der Waals surface area (Å²) in [6.45, 7) is 3.63. The quantitative estimate of drug-likeness (QED) is 0.368. The van der Waals surface area contributed by atoms with Crippen molar-refractivity contribution >= 4 is 46.7 Å². The number of pyridine rings is 1. The first-order valence-corrected chi connectivity index (χ1v) is 11.0. The van der Waals surface area contributed by atoms with E-state index in [1.807, 2.05) is 47.9 Å². The molecule has 158 valence electrons. The van der Waals surface area contributed by atoms with Crippen molar-refractivity contribution in [3.63, 3.8) is 0 Å². The maximum Gasteiger partial charge on any atom is 0.236 e. The van der Waals surface area contributed by atoms with Gasteiger partial charge in [0.05, 0.1) is 27.6 Å². The van der Waals surface area contributed by atoms with Crippen LogP contribution in [0.1, 0.15) is 11.3 Å². The van der Waals surface area contributed by atoms with Crippen molar-refractivity contribution in [2.45, 2.75) is 19.0 Å². The molecule has 1 N–H and O–H groups in total. The number of carbonyl (C=O) groups excluding carboxylic acids is 1. The van der Waals surface area contributed by atoms with Gasteiger partial charge in [0, 0.05) is 11.9 Å². The van der Waals surface area contributed by atoms with E-state index in [0.717, 1.165) is 17.0 Å². The molecular weight excluding hydrogens is 457 g/mol. The molecule has 0 saturated heterocycles. The second kappa shape index (κ2) is 9.13. The summed E-state index contributed by atoms with van der Waals surface area (Å²) in [5, 5.41) is 12.7. The van der Waals surface area contributed by atoms with E-state index in [9.17, 15) is 4.79 Å². The minimum Gasteiger partial charge on any atom is -0.469 e. The molecule has 0 unspecified atom stereocenters. The van der Waals surface area contributed by atoms with E-state index >= 15 is 0 Å². The summed E-state index contributed by atoms with van der Waals surface area (Å²) in [6, 6.07) is 11.5. The largest absolute Gasteiger partial charge is 0.469 e. The summed E-state index contributed by atoms with van der Waals surface area (Å²) in [5.41, 5.74) is 2.37. The summed E-state index contributed by atoms with van der Waals surface area (Å²) < 4.78 is 7.33. The second-order valence-corrected chi connectivity index (χ2v) is 8.33. The number of carbonyl (C=O) groups is 1. The normalized spacial score (nSPS) is 11.0. The van der Waals surface area contributed by atoms with Crippen LogP contribution in [0, 0.1) is 13.8 Å². The number of aryl methyl sites for hydroxylation is 1. The fourth-order valence-corrected chi connectivity index (χ4v) is 4.05. The molecule has 7 nitrogen and oxygen atoms in total. The molecule has 0 aliphatic heterocycles. The first kappa shape index (κ1) is 21.4. The van der Waals surface area contributed by atoms with E-state index in [1.165, 1.54) is 18.0 Å². The Morgan fingerprint density at radius 1 is 1.16 bits per heavy atom. The number of para-hydroxylation sites is 1. The average molecular weight is 474 g/mol. The second-order valence-electron chi connectivity index (χ2n) is 6.60. The van der Waals surface area contributed by atoms with Crippen LogP contribution in [0.3, 0.4) is 0 Å². The maximum atomic E-state index is 12.5. The molecule has 3 heterocycles. The Labute approximate surface area is 192 Å². The van der Waals surface area contributed by atoms with Gasteiger partial charge in [-0.25, -0.2) is 4.98 Å². The van der Waals surface area contributed by atoms with E-state index in [0.29, 0.717) is 26.6 Å². The van der Waals surface area contributed by atoms with Crippen molar-refractivity contribution in [2.24, 2.45) is 0 Å². The highest BCUT2D eigenvalue weighted by Gasteiger charge is 2.20. The van der Waals surface area contributed by atoms with Gasteiger partial charge in [0.25, 0.3) is 0 Å². The van der Waals surface area contributed by atoms with Crippen LogP contribution in [0.4, 0.5) is 5.82 Å². The Morgan fingerprint density at radius 3 is 2.65 bits per heavy atom. The highest BCUT2D eigenvalue weighted by atomic mass is 35.5. The van der Waals surface area contributed by atoms with Crippen LogP contribution < -0.4 is 5.32 Å². The molecule has 0 aliphatic carbocycles. The highest BCUT2D eigenvalue weighted by Crippen LogP contribution is 2.31. The zero-order chi connectivity index (χ0) is 22.0. The smallest absolute Gasteiger partial charge is 0.236 e. The zero-order valence-electron chi connectivity index (χ0n) is 16.6. The van der Waals surface area contributed by atoms with E-state index in [4.69, 9.17) is 27.6 Å². The number of halogens is 2. The molecule has 1 aromatic carbocycles. The van der Waals surface area contributed by atoms with Gasteiger partial charge in [-0.2, -0.15) is 0 Å². The van der Waals surface area contributed by atoms with E-state index in [2.05, 4.69) is 20.5 Å². The van der Waals surface area contributed by atoms with Crippen molar-refractivity contribution in [3.05, 3.63) is 70.2 Å². The minimum absolute atomic E-state index is 0.0923. The molecule has 0 bridgehead atoms. The molecule has 0 atom stereocenters. The van der Waals surface area contributed by atoms with Crippen molar-refractivity contribution in [3.8, 4) is 17.1 Å². The molecule has 4 aromatic rings. The standard InChI is InChI=1S/C21H17Cl2N5O2S/c1-12-16(22)10-24-19(18(12)23)25-17(29)11-31-21-27-26-20(15-8-9-30-13(15)2)28(21)14-6-4-3-5-7-14/h3-10H,11H2,1-2H3,(H,24,25,29). The summed E-state index contributed by atoms with van der Waals surface area (Å²) in [6.07, 6.45) is 3.07. The number of thioether (sulfide) groups is 1. The number of nitrogens with one attached hydrogen (secondary N) is 1. The number of furan rings is 1. The van der Waals surface area contributed by atoms with Crippen molar-refractivity contribution in [1.82, 2.24) is 19.7 Å². The van der Waals surface area contributed by atoms with Crippen LogP contribution >= 0.6 is 35.0 Å². The summed E-state index contributed by atoms with van der Waals surface area (Å²) in [5.74, 6) is 1.46. The number of benzene rings is 1. The molecule has 4 rings (SSSR count). The van der Waals surface area contributed by atoms with Crippen LogP contribution in [0.5, 0.6) is 0 Å². The molecule has 3 aromatic heterocycles. The lowest BCUT2D eigenvalue weighted by Crippen LogP contribution is -2.16. The Balaban J connectivity index is 1.58. The first-order chi connectivity index (χ1) is 15.0. The number of hydrogen-bond acceptors (Lipinski definition) is 6. The Kier molecular flexibility index (Phi) is 6.31. The molecule has 1 amide bonds. The third-order valence-corrected chi connectivity index (χ3v) is 6.31. The Hall–Kier alpha value is -2.81. The summed E-state index contributed by atoms with van der Waals surface area (Å²) in [4.78, 5) is 16.6. The van der Waals surface area contributed by atoms with Crippen molar-refractivity contribution in [2.75, 3.05) is 11.1 Å². The summed E-state index contributed by atoms with van der Waals surface area (Å²) in [7, 11) is 0. The van der Waals surface area contributed by atoms with Gasteiger partial charge in [-0.15, -0.1) is 10.2 Å². The topological polar surface area (TPSA) is 85.8 Å². The summed E-state index contributed by atoms with van der Waals surface area (Å²) >= 11 is 13.5. The lowest BCUT2D eigenvalue weighted by Gasteiger charge is -2.11. The lowest BCUT2D eigenvalue weighted by atomic mass is 10.2. The van der Waals surface area contributed by atoms with Gasteiger partial charge < -0.3 is 9.73 Å². The van der Waals surface area contributed by atoms with Gasteiger partial charge in [-0.3, -0.25) is 9.36 Å². The van der Waals surface area contributed by atoms with Gasteiger partial charge in [0.15, 0.2) is 16.8 Å². The molecule has 10 heteroatoms. The number of anilines is 1. The predicted molar refractivity (Wildman–Crippen MR) is 122 cm³/mol. The van der Waals surface area contributed by atoms with Crippen LogP contribution in [-0.2, 0) is 4.79 Å². The zero-order valence-corrected chi connectivity index (χ0v) is 18.9. The van der Waals surface area contributed by atoms with Gasteiger partial charge in [0.1, 0.15) is 5.76 Å². The third-order valence-electron chi connectivity index (χ3n) is 4.54. The van der Waals surface area contributed by atoms with E-state index in [1.54, 1.807) is 13.2 Å². The molecule has 0 aliphatic rings. The van der Waals surface area contributed by atoms with Gasteiger partial charge in [-0.1, -0.05) is 53.2 Å². The highest BCUT2D eigenvalue weighted by molar-refractivity contribution is 7.99. The lowest BCUT2D eigenvalue weighted by molar-refractivity contribution is -0.113. The van der Waals surface area contributed by atoms with Crippen LogP contribution in [0.15, 0.2) is 58.4 Å². The Morgan fingerprint density at radius 2 is 1.94 bits per heavy atom. The van der Waals surface area contributed by atoms with E-state index < -0.39 is 0 Å². The number of rotatable bonds is 6. The van der Waals surface area contributed by atoms with Crippen LogP contribution in [0.25, 0.3) is 17.1 Å². The molecule has 0 spiro atoms. The first-order valence-electron chi connectivity index (χ1n) is 9.24. The SMILES string of the molecule is Cc1occc1-c1nnc(SCC(=O)Nc2ncc(Cl)c(C)c2Cl)n1-c1ccccc1. The molecule has 0 saturated carbocycles. The molecule has 0 radical (unpaired) electrons. The number of aromatic nitrogens is 4. The third kappa shape index (κ3) is 4.46.